The summed E-state index contributed by atoms with van der Waals surface area (Å²) in [5.41, 5.74) is 1.14. The topological polar surface area (TPSA) is 49.4 Å². The van der Waals surface area contributed by atoms with E-state index in [1.807, 2.05) is 11.9 Å². The van der Waals surface area contributed by atoms with E-state index in [1.54, 1.807) is 24.3 Å². The lowest BCUT2D eigenvalue weighted by molar-refractivity contribution is 0.0671. The van der Waals surface area contributed by atoms with E-state index in [0.717, 1.165) is 19.4 Å². The number of piperidine rings is 1. The van der Waals surface area contributed by atoms with E-state index < -0.39 is 5.82 Å². The lowest BCUT2D eigenvalue weighted by Gasteiger charge is -2.33. The van der Waals surface area contributed by atoms with Crippen molar-refractivity contribution in [1.29, 1.82) is 0 Å². The van der Waals surface area contributed by atoms with Crippen molar-refractivity contribution in [3.8, 4) is 0 Å². The molecule has 6 heteroatoms. The molecule has 0 aliphatic carbocycles. The Morgan fingerprint density at radius 3 is 2.44 bits per heavy atom. The van der Waals surface area contributed by atoms with Crippen molar-refractivity contribution in [2.24, 2.45) is 5.92 Å². The van der Waals surface area contributed by atoms with Gasteiger partial charge in [-0.3, -0.25) is 9.59 Å². The Hall–Kier alpha value is -2.24. The first-order valence-electron chi connectivity index (χ1n) is 8.93. The molecule has 27 heavy (non-hydrogen) atoms. The van der Waals surface area contributed by atoms with Crippen molar-refractivity contribution in [2.45, 2.75) is 12.8 Å². The van der Waals surface area contributed by atoms with Crippen LogP contribution in [0, 0.1) is 11.7 Å². The van der Waals surface area contributed by atoms with E-state index in [2.05, 4.69) is 5.32 Å². The highest BCUT2D eigenvalue weighted by molar-refractivity contribution is 6.15. The number of nitrogens with one attached hydrogen (secondary N) is 1. The molecule has 1 N–H and O–H groups in total. The fourth-order valence-corrected chi connectivity index (χ4v) is 3.50. The molecule has 3 rings (SSSR count). The van der Waals surface area contributed by atoms with E-state index in [4.69, 9.17) is 0 Å². The summed E-state index contributed by atoms with van der Waals surface area (Å²) >= 11 is 0. The summed E-state index contributed by atoms with van der Waals surface area (Å²) in [6.45, 7) is 2.27. The highest BCUT2D eigenvalue weighted by Gasteiger charge is 2.27. The Bertz CT molecular complexity index is 793. The fourth-order valence-electron chi connectivity index (χ4n) is 3.50. The van der Waals surface area contributed by atoms with Gasteiger partial charge in [0.1, 0.15) is 5.82 Å². The van der Waals surface area contributed by atoms with Gasteiger partial charge in [-0.1, -0.05) is 18.2 Å². The first kappa shape index (κ1) is 21.1. The van der Waals surface area contributed by atoms with Gasteiger partial charge in [-0.2, -0.15) is 0 Å². The number of carbonyl (C=O) groups is 2. The van der Waals surface area contributed by atoms with E-state index in [0.29, 0.717) is 35.7 Å². The van der Waals surface area contributed by atoms with Crippen molar-refractivity contribution in [3.63, 3.8) is 0 Å². The second kappa shape index (κ2) is 9.62. The largest absolute Gasteiger partial charge is 0.338 e. The highest BCUT2D eigenvalue weighted by atomic mass is 35.5. The number of hydrogen-bond acceptors (Lipinski definition) is 3. The second-order valence-electron chi connectivity index (χ2n) is 6.70. The average molecular weight is 391 g/mol. The molecule has 1 fully saturated rings. The number of halogens is 2. The summed E-state index contributed by atoms with van der Waals surface area (Å²) in [6.07, 6.45) is 2.06. The van der Waals surface area contributed by atoms with Crippen LogP contribution in [-0.4, -0.2) is 43.3 Å². The number of rotatable bonds is 5. The smallest absolute Gasteiger partial charge is 0.254 e. The summed E-state index contributed by atoms with van der Waals surface area (Å²) in [4.78, 5) is 27.7. The third-order valence-corrected chi connectivity index (χ3v) is 4.81. The normalized spacial score (nSPS) is 16.5. The summed E-state index contributed by atoms with van der Waals surface area (Å²) in [5.74, 6) is -0.345. The molecule has 2 aromatic rings. The maximum atomic E-state index is 13.1. The number of likely N-dealkylation sites (tertiary alicyclic amines) is 1. The predicted molar refractivity (Wildman–Crippen MR) is 106 cm³/mol. The van der Waals surface area contributed by atoms with Gasteiger partial charge in [0.25, 0.3) is 5.91 Å². The fraction of sp³-hybridized carbons (Fsp3) is 0.333. The molecule has 0 radical (unpaired) electrons. The quantitative estimate of drug-likeness (QED) is 0.794. The molecule has 0 bridgehead atoms. The number of hydrogen-bond donors (Lipinski definition) is 1. The third kappa shape index (κ3) is 4.93. The molecule has 0 spiro atoms. The minimum absolute atomic E-state index is 0. The molecule has 4 nitrogen and oxygen atoms in total. The van der Waals surface area contributed by atoms with Crippen LogP contribution in [0.4, 0.5) is 4.39 Å². The van der Waals surface area contributed by atoms with Crippen LogP contribution >= 0.6 is 12.4 Å². The van der Waals surface area contributed by atoms with Crippen molar-refractivity contribution < 1.29 is 14.0 Å². The minimum Gasteiger partial charge on any atom is -0.338 e. The van der Waals surface area contributed by atoms with Crippen LogP contribution in [0.15, 0.2) is 48.5 Å². The maximum Gasteiger partial charge on any atom is 0.254 e. The minimum atomic E-state index is -0.394. The van der Waals surface area contributed by atoms with Crippen molar-refractivity contribution in [1.82, 2.24) is 10.2 Å². The van der Waals surface area contributed by atoms with Gasteiger partial charge in [0.15, 0.2) is 5.78 Å². The molecule has 1 saturated heterocycles. The molecule has 2 aromatic carbocycles. The third-order valence-electron chi connectivity index (χ3n) is 4.81. The van der Waals surface area contributed by atoms with Gasteiger partial charge in [0.2, 0.25) is 0 Å². The molecule has 1 atom stereocenters. The lowest BCUT2D eigenvalue weighted by Crippen LogP contribution is -2.42. The zero-order valence-electron chi connectivity index (χ0n) is 15.3. The monoisotopic (exact) mass is 390 g/mol. The van der Waals surface area contributed by atoms with Crippen LogP contribution in [0.25, 0.3) is 0 Å². The van der Waals surface area contributed by atoms with Crippen LogP contribution in [-0.2, 0) is 0 Å². The van der Waals surface area contributed by atoms with Gasteiger partial charge >= 0.3 is 0 Å². The summed E-state index contributed by atoms with van der Waals surface area (Å²) in [5, 5.41) is 3.17. The SMILES string of the molecule is CNCC1CCCN(C(=O)c2ccccc2C(=O)c2ccc(F)cc2)C1.Cl. The summed E-state index contributed by atoms with van der Waals surface area (Å²) < 4.78 is 13.1. The lowest BCUT2D eigenvalue weighted by atomic mass is 9.94. The van der Waals surface area contributed by atoms with Crippen molar-refractivity contribution >= 4 is 24.1 Å². The number of nitrogens with zero attached hydrogens (tertiary/aromatic N) is 1. The van der Waals surface area contributed by atoms with E-state index in [9.17, 15) is 14.0 Å². The van der Waals surface area contributed by atoms with Crippen LogP contribution in [0.2, 0.25) is 0 Å². The molecule has 1 heterocycles. The first-order valence-corrected chi connectivity index (χ1v) is 8.93. The summed E-state index contributed by atoms with van der Waals surface area (Å²) in [7, 11) is 1.91. The molecule has 144 valence electrons. The molecular weight excluding hydrogens is 367 g/mol. The van der Waals surface area contributed by atoms with Crippen LogP contribution in [0.5, 0.6) is 0 Å². The molecule has 1 amide bonds. The molecule has 1 aliphatic rings. The number of ketones is 1. The molecule has 0 saturated carbocycles. The van der Waals surface area contributed by atoms with Gasteiger partial charge in [0, 0.05) is 24.2 Å². The Morgan fingerprint density at radius 1 is 1.11 bits per heavy atom. The first-order chi connectivity index (χ1) is 12.6. The van der Waals surface area contributed by atoms with Crippen LogP contribution in [0.1, 0.15) is 39.1 Å². The maximum absolute atomic E-state index is 13.1. The highest BCUT2D eigenvalue weighted by Crippen LogP contribution is 2.21. The summed E-state index contributed by atoms with van der Waals surface area (Å²) in [6, 6.07) is 12.3. The predicted octanol–water partition coefficient (Wildman–Crippen LogP) is 3.55. The zero-order valence-corrected chi connectivity index (χ0v) is 16.1. The number of amides is 1. The molecule has 1 unspecified atom stereocenters. The van der Waals surface area contributed by atoms with Gasteiger partial charge < -0.3 is 10.2 Å². The van der Waals surface area contributed by atoms with Crippen molar-refractivity contribution in [2.75, 3.05) is 26.7 Å². The van der Waals surface area contributed by atoms with Gasteiger partial charge in [-0.15, -0.1) is 12.4 Å². The Kier molecular flexibility index (Phi) is 7.51. The number of benzene rings is 2. The van der Waals surface area contributed by atoms with Crippen molar-refractivity contribution in [3.05, 3.63) is 71.0 Å². The molecule has 1 aliphatic heterocycles. The van der Waals surface area contributed by atoms with Gasteiger partial charge in [0.05, 0.1) is 5.56 Å². The Morgan fingerprint density at radius 2 is 1.78 bits per heavy atom. The van der Waals surface area contributed by atoms with Gasteiger partial charge in [-0.05, 0) is 62.7 Å². The van der Waals surface area contributed by atoms with Gasteiger partial charge in [-0.25, -0.2) is 4.39 Å². The Balaban J connectivity index is 0.00000261. The number of carbonyl (C=O) groups excluding carboxylic acids is 2. The van der Waals surface area contributed by atoms with Crippen LogP contribution in [0.3, 0.4) is 0 Å². The standard InChI is InChI=1S/C21H23FN2O2.ClH/c1-23-13-15-5-4-12-24(14-15)21(26)19-7-3-2-6-18(19)20(25)16-8-10-17(22)11-9-16;/h2-3,6-11,15,23H,4-5,12-14H2,1H3;1H. The Labute approximate surface area is 165 Å². The van der Waals surface area contributed by atoms with E-state index in [-0.39, 0.29) is 24.1 Å². The van der Waals surface area contributed by atoms with E-state index in [1.165, 1.54) is 24.3 Å². The second-order valence-corrected chi connectivity index (χ2v) is 6.70. The average Bonchev–Trinajstić information content (AvgIpc) is 2.68. The molecular formula is C21H24ClFN2O2. The van der Waals surface area contributed by atoms with Crippen LogP contribution < -0.4 is 5.32 Å². The zero-order chi connectivity index (χ0) is 18.5. The molecule has 0 aromatic heterocycles. The van der Waals surface area contributed by atoms with E-state index >= 15 is 0 Å².